The summed E-state index contributed by atoms with van der Waals surface area (Å²) in [5.74, 6) is 0.297. The molecule has 2 aromatic carbocycles. The first-order valence-corrected chi connectivity index (χ1v) is 12.2. The number of rotatable bonds is 7. The normalized spacial score (nSPS) is 12.1. The molecule has 35 heavy (non-hydrogen) atoms. The van der Waals surface area contributed by atoms with Crippen LogP contribution in [0.5, 0.6) is 5.75 Å². The Morgan fingerprint density at radius 2 is 1.89 bits per heavy atom. The number of anilines is 1. The van der Waals surface area contributed by atoms with Crippen LogP contribution in [0.4, 0.5) is 5.69 Å². The van der Waals surface area contributed by atoms with E-state index in [9.17, 15) is 4.79 Å². The molecule has 0 saturated carbocycles. The standard InChI is InChI=1S/C27H24Cl3N3O2/c1-4-5-6-7-16(2)15-33-22-10-8-17(28)12-19(22)24-18(9-11-23(35-3)26(24)33)27(34)32-25-20(29)13-31-14-21(25)30/h5-14H,4,15H2,1-3H3,(H,31,32,34)/b6-5-,16-7+. The van der Waals surface area contributed by atoms with Crippen molar-refractivity contribution in [3.8, 4) is 5.75 Å². The van der Waals surface area contributed by atoms with Crippen LogP contribution >= 0.6 is 34.8 Å². The zero-order chi connectivity index (χ0) is 25.1. The fraction of sp³-hybridized carbons (Fsp3) is 0.185. The summed E-state index contributed by atoms with van der Waals surface area (Å²) in [6.45, 7) is 4.78. The average Bonchev–Trinajstić information content (AvgIpc) is 3.14. The van der Waals surface area contributed by atoms with Crippen LogP contribution < -0.4 is 10.1 Å². The van der Waals surface area contributed by atoms with Crippen molar-refractivity contribution in [3.05, 3.63) is 87.2 Å². The van der Waals surface area contributed by atoms with E-state index in [1.807, 2.05) is 18.2 Å². The van der Waals surface area contributed by atoms with E-state index < -0.39 is 0 Å². The van der Waals surface area contributed by atoms with Crippen LogP contribution in [0.15, 0.2) is 66.5 Å². The highest BCUT2D eigenvalue weighted by molar-refractivity contribution is 6.40. The van der Waals surface area contributed by atoms with Gasteiger partial charge in [-0.25, -0.2) is 0 Å². The molecule has 4 rings (SSSR count). The van der Waals surface area contributed by atoms with Gasteiger partial charge in [0.25, 0.3) is 5.91 Å². The summed E-state index contributed by atoms with van der Waals surface area (Å²) in [7, 11) is 1.62. The van der Waals surface area contributed by atoms with Crippen LogP contribution in [0, 0.1) is 0 Å². The highest BCUT2D eigenvalue weighted by Gasteiger charge is 2.22. The summed E-state index contributed by atoms with van der Waals surface area (Å²) in [6.07, 6.45) is 10.1. The second-order valence-corrected chi connectivity index (χ2v) is 9.32. The summed E-state index contributed by atoms with van der Waals surface area (Å²) in [5.41, 5.74) is 3.64. The Morgan fingerprint density at radius 1 is 1.14 bits per heavy atom. The van der Waals surface area contributed by atoms with Gasteiger partial charge >= 0.3 is 0 Å². The number of allylic oxidation sites excluding steroid dienone is 4. The number of benzene rings is 2. The number of pyridine rings is 1. The minimum atomic E-state index is -0.357. The van der Waals surface area contributed by atoms with Crippen LogP contribution in [0.1, 0.15) is 30.6 Å². The van der Waals surface area contributed by atoms with Gasteiger partial charge in [-0.15, -0.1) is 0 Å². The van der Waals surface area contributed by atoms with Crippen molar-refractivity contribution in [2.75, 3.05) is 12.4 Å². The lowest BCUT2D eigenvalue weighted by molar-refractivity contribution is 0.102. The zero-order valence-electron chi connectivity index (χ0n) is 19.5. The number of amides is 1. The lowest BCUT2D eigenvalue weighted by atomic mass is 10.0. The van der Waals surface area contributed by atoms with Crippen molar-refractivity contribution in [1.29, 1.82) is 0 Å². The van der Waals surface area contributed by atoms with Gasteiger partial charge in [0, 0.05) is 45.8 Å². The van der Waals surface area contributed by atoms with E-state index in [0.29, 0.717) is 28.6 Å². The summed E-state index contributed by atoms with van der Waals surface area (Å²) in [6, 6.07) is 9.20. The number of nitrogens with zero attached hydrogens (tertiary/aromatic N) is 2. The molecular formula is C27H24Cl3N3O2. The molecule has 0 saturated heterocycles. The third-order valence-corrected chi connectivity index (χ3v) is 6.45. The van der Waals surface area contributed by atoms with Crippen molar-refractivity contribution in [2.24, 2.45) is 0 Å². The molecule has 0 aliphatic rings. The lowest BCUT2D eigenvalue weighted by Gasteiger charge is -2.13. The number of halogens is 3. The predicted molar refractivity (Wildman–Crippen MR) is 146 cm³/mol. The average molecular weight is 529 g/mol. The monoisotopic (exact) mass is 527 g/mol. The molecule has 0 aliphatic carbocycles. The molecule has 0 radical (unpaired) electrons. The van der Waals surface area contributed by atoms with Gasteiger partial charge < -0.3 is 14.6 Å². The van der Waals surface area contributed by atoms with Gasteiger partial charge in [0.05, 0.1) is 28.4 Å². The van der Waals surface area contributed by atoms with Crippen molar-refractivity contribution >= 4 is 68.2 Å². The van der Waals surface area contributed by atoms with Crippen molar-refractivity contribution in [1.82, 2.24) is 9.55 Å². The molecule has 8 heteroatoms. The topological polar surface area (TPSA) is 56.2 Å². The second kappa shape index (κ2) is 10.7. The Balaban J connectivity index is 1.95. The summed E-state index contributed by atoms with van der Waals surface area (Å²) < 4.78 is 7.88. The number of aromatic nitrogens is 2. The van der Waals surface area contributed by atoms with Crippen molar-refractivity contribution in [2.45, 2.75) is 26.8 Å². The molecule has 0 atom stereocenters. The molecule has 0 spiro atoms. The van der Waals surface area contributed by atoms with Gasteiger partial charge in [-0.2, -0.15) is 0 Å². The molecule has 5 nitrogen and oxygen atoms in total. The minimum Gasteiger partial charge on any atom is -0.495 e. The molecule has 0 aliphatic heterocycles. The van der Waals surface area contributed by atoms with Crippen LogP contribution in [-0.4, -0.2) is 22.6 Å². The van der Waals surface area contributed by atoms with Gasteiger partial charge in [-0.1, -0.05) is 65.5 Å². The SMILES string of the molecule is CC/C=C\C=C(/C)Cn1c2ccc(Cl)cc2c2c(C(=O)Nc3c(Cl)cncc3Cl)ccc(OC)c21. The van der Waals surface area contributed by atoms with Gasteiger partial charge in [-0.05, 0) is 43.7 Å². The number of hydrogen-bond donors (Lipinski definition) is 1. The molecule has 4 aromatic rings. The largest absolute Gasteiger partial charge is 0.495 e. The van der Waals surface area contributed by atoms with Gasteiger partial charge in [0.1, 0.15) is 5.75 Å². The summed E-state index contributed by atoms with van der Waals surface area (Å²) in [5, 5.41) is 5.50. The Hall–Kier alpha value is -2.99. The third kappa shape index (κ3) is 5.03. The van der Waals surface area contributed by atoms with E-state index in [1.54, 1.807) is 19.2 Å². The summed E-state index contributed by atoms with van der Waals surface area (Å²) >= 11 is 18.9. The fourth-order valence-corrected chi connectivity index (χ4v) is 4.71. The Kier molecular flexibility index (Phi) is 7.70. The van der Waals surface area contributed by atoms with E-state index in [4.69, 9.17) is 39.5 Å². The Bertz CT molecular complexity index is 1470. The number of carbonyl (C=O) groups excluding carboxylic acids is 1. The zero-order valence-corrected chi connectivity index (χ0v) is 21.8. The van der Waals surface area contributed by atoms with Crippen LogP contribution in [0.25, 0.3) is 21.8 Å². The maximum absolute atomic E-state index is 13.5. The summed E-state index contributed by atoms with van der Waals surface area (Å²) in [4.78, 5) is 17.5. The fourth-order valence-electron chi connectivity index (χ4n) is 4.08. The molecule has 2 heterocycles. The number of nitrogens with one attached hydrogen (secondary N) is 1. The van der Waals surface area contributed by atoms with E-state index in [-0.39, 0.29) is 16.0 Å². The molecule has 0 fully saturated rings. The molecule has 1 amide bonds. The highest BCUT2D eigenvalue weighted by Crippen LogP contribution is 2.39. The van der Waals surface area contributed by atoms with Gasteiger partial charge in [-0.3, -0.25) is 9.78 Å². The Labute approximate surface area is 218 Å². The van der Waals surface area contributed by atoms with Gasteiger partial charge in [0.15, 0.2) is 0 Å². The third-order valence-electron chi connectivity index (χ3n) is 5.65. The molecule has 0 unspecified atom stereocenters. The first kappa shape index (κ1) is 25.1. The number of hydrogen-bond acceptors (Lipinski definition) is 3. The smallest absolute Gasteiger partial charge is 0.256 e. The molecule has 2 aromatic heterocycles. The van der Waals surface area contributed by atoms with Gasteiger partial charge in [0.2, 0.25) is 0 Å². The molecule has 180 valence electrons. The number of methoxy groups -OCH3 is 1. The second-order valence-electron chi connectivity index (χ2n) is 8.07. The van der Waals surface area contributed by atoms with Crippen LogP contribution in [0.3, 0.4) is 0 Å². The Morgan fingerprint density at radius 3 is 2.57 bits per heavy atom. The molecular weight excluding hydrogens is 505 g/mol. The van der Waals surface area contributed by atoms with E-state index in [1.165, 1.54) is 12.4 Å². The van der Waals surface area contributed by atoms with Crippen LogP contribution in [0.2, 0.25) is 15.1 Å². The number of carbonyl (C=O) groups is 1. The maximum atomic E-state index is 13.5. The first-order valence-electron chi connectivity index (χ1n) is 11.1. The highest BCUT2D eigenvalue weighted by atomic mass is 35.5. The van der Waals surface area contributed by atoms with E-state index in [2.05, 4.69) is 46.9 Å². The van der Waals surface area contributed by atoms with E-state index >= 15 is 0 Å². The maximum Gasteiger partial charge on any atom is 0.256 e. The van der Waals surface area contributed by atoms with Crippen molar-refractivity contribution < 1.29 is 9.53 Å². The van der Waals surface area contributed by atoms with Crippen LogP contribution in [-0.2, 0) is 6.54 Å². The lowest BCUT2D eigenvalue weighted by Crippen LogP contribution is -2.13. The van der Waals surface area contributed by atoms with E-state index in [0.717, 1.165) is 33.8 Å². The number of ether oxygens (including phenoxy) is 1. The van der Waals surface area contributed by atoms with Crippen molar-refractivity contribution in [3.63, 3.8) is 0 Å². The first-order chi connectivity index (χ1) is 16.8. The molecule has 0 bridgehead atoms. The molecule has 1 N–H and O–H groups in total. The number of fused-ring (bicyclic) bond motifs is 3. The minimum absolute atomic E-state index is 0.252. The predicted octanol–water partition coefficient (Wildman–Crippen LogP) is 8.32. The quantitative estimate of drug-likeness (QED) is 0.245.